The molecule has 0 saturated carbocycles. The van der Waals surface area contributed by atoms with Crippen LogP contribution in [0.2, 0.25) is 0 Å². The molecule has 1 amide bonds. The Balaban J connectivity index is 1.56. The van der Waals surface area contributed by atoms with E-state index in [1.807, 2.05) is 13.0 Å². The van der Waals surface area contributed by atoms with E-state index in [9.17, 15) is 21.6 Å². The van der Waals surface area contributed by atoms with Gasteiger partial charge < -0.3 is 10.1 Å². The first-order chi connectivity index (χ1) is 17.0. The van der Waals surface area contributed by atoms with Gasteiger partial charge in [0.2, 0.25) is 15.9 Å². The van der Waals surface area contributed by atoms with Crippen molar-refractivity contribution in [2.24, 2.45) is 0 Å². The Morgan fingerprint density at radius 1 is 0.917 bits per heavy atom. The third-order valence-corrected chi connectivity index (χ3v) is 7.84. The van der Waals surface area contributed by atoms with E-state index in [-0.39, 0.29) is 23.8 Å². The highest BCUT2D eigenvalue weighted by molar-refractivity contribution is 7.92. The van der Waals surface area contributed by atoms with Crippen LogP contribution in [0.3, 0.4) is 0 Å². The number of aryl methyl sites for hydroxylation is 1. The van der Waals surface area contributed by atoms with E-state index in [1.165, 1.54) is 35.7 Å². The van der Waals surface area contributed by atoms with Gasteiger partial charge in [0.05, 0.1) is 23.9 Å². The van der Waals surface area contributed by atoms with Crippen molar-refractivity contribution in [1.29, 1.82) is 0 Å². The largest absolute Gasteiger partial charge is 0.497 e. The molecular weight excluding hydrogens is 502 g/mol. The number of carbonyl (C=O) groups excluding carboxylic acids is 1. The number of amides is 1. The molecule has 0 radical (unpaired) electrons. The third kappa shape index (κ3) is 7.46. The second kappa shape index (κ2) is 11.4. The van der Waals surface area contributed by atoms with Crippen molar-refractivity contribution in [2.45, 2.75) is 24.7 Å². The van der Waals surface area contributed by atoms with E-state index in [0.717, 1.165) is 11.8 Å². The van der Waals surface area contributed by atoms with Crippen LogP contribution in [-0.4, -0.2) is 42.7 Å². The molecule has 11 heteroatoms. The average Bonchev–Trinajstić information content (AvgIpc) is 2.81. The van der Waals surface area contributed by atoms with Crippen LogP contribution in [0.1, 0.15) is 18.4 Å². The molecule has 0 fully saturated rings. The number of nitrogens with one attached hydrogen (secondary N) is 2. The van der Waals surface area contributed by atoms with Crippen molar-refractivity contribution < 1.29 is 26.4 Å². The summed E-state index contributed by atoms with van der Waals surface area (Å²) in [6.45, 7) is 2.03. The van der Waals surface area contributed by atoms with Crippen LogP contribution >= 0.6 is 0 Å². The van der Waals surface area contributed by atoms with Crippen molar-refractivity contribution in [3.05, 3.63) is 78.4 Å². The predicted octanol–water partition coefficient (Wildman–Crippen LogP) is 3.99. The minimum absolute atomic E-state index is 0.0401. The highest BCUT2D eigenvalue weighted by Crippen LogP contribution is 2.22. The highest BCUT2D eigenvalue weighted by atomic mass is 32.2. The molecule has 0 atom stereocenters. The van der Waals surface area contributed by atoms with Crippen molar-refractivity contribution in [3.63, 3.8) is 0 Å². The summed E-state index contributed by atoms with van der Waals surface area (Å²) in [5, 5.41) is 2.71. The lowest BCUT2D eigenvalue weighted by atomic mass is 10.2. The van der Waals surface area contributed by atoms with E-state index in [0.29, 0.717) is 29.2 Å². The Hall–Kier alpha value is -3.57. The Morgan fingerprint density at radius 2 is 1.56 bits per heavy atom. The zero-order valence-corrected chi connectivity index (χ0v) is 21.9. The van der Waals surface area contributed by atoms with Gasteiger partial charge in [-0.05, 0) is 79.6 Å². The third-order valence-electron chi connectivity index (χ3n) is 5.25. The smallest absolute Gasteiger partial charge is 0.261 e. The molecule has 0 aliphatic rings. The van der Waals surface area contributed by atoms with Crippen molar-refractivity contribution in [1.82, 2.24) is 0 Å². The number of carbonyl (C=O) groups is 1. The first-order valence-corrected chi connectivity index (χ1v) is 14.4. The summed E-state index contributed by atoms with van der Waals surface area (Å²) in [5.74, 6) is 0.303. The van der Waals surface area contributed by atoms with Crippen molar-refractivity contribution in [3.8, 4) is 5.75 Å². The quantitative estimate of drug-likeness (QED) is 0.386. The van der Waals surface area contributed by atoms with E-state index in [1.54, 1.807) is 42.5 Å². The van der Waals surface area contributed by atoms with E-state index in [2.05, 4.69) is 10.0 Å². The van der Waals surface area contributed by atoms with Gasteiger partial charge in [0.1, 0.15) is 5.75 Å². The van der Waals surface area contributed by atoms with Crippen molar-refractivity contribution in [2.75, 3.05) is 34.3 Å². The van der Waals surface area contributed by atoms with Gasteiger partial charge >= 0.3 is 0 Å². The Kier molecular flexibility index (Phi) is 8.59. The predicted molar refractivity (Wildman–Crippen MR) is 141 cm³/mol. The number of nitrogens with zero attached hydrogens (tertiary/aromatic N) is 1. The number of methoxy groups -OCH3 is 1. The van der Waals surface area contributed by atoms with Crippen LogP contribution < -0.4 is 19.1 Å². The van der Waals surface area contributed by atoms with Gasteiger partial charge in [-0.25, -0.2) is 16.8 Å². The number of hydrogen-bond donors (Lipinski definition) is 2. The second-order valence-electron chi connectivity index (χ2n) is 8.18. The Bertz CT molecular complexity index is 1400. The molecule has 192 valence electrons. The zero-order chi connectivity index (χ0) is 26.3. The first kappa shape index (κ1) is 27.0. The van der Waals surface area contributed by atoms with Crippen LogP contribution in [0.4, 0.5) is 17.1 Å². The lowest BCUT2D eigenvalue weighted by molar-refractivity contribution is -0.116. The van der Waals surface area contributed by atoms with E-state index >= 15 is 0 Å². The standard InChI is InChI=1S/C25H29N3O6S2/c1-19-6-4-7-22(18-19)28(35(3,30)31)17-5-8-25(29)26-20-11-15-24(16-12-20)36(32,33)27-21-9-13-23(34-2)14-10-21/h4,6-7,9-16,18,27H,5,8,17H2,1-3H3,(H,26,29). The first-order valence-electron chi connectivity index (χ1n) is 11.1. The summed E-state index contributed by atoms with van der Waals surface area (Å²) in [7, 11) is -5.79. The molecule has 0 spiro atoms. The topological polar surface area (TPSA) is 122 Å². The highest BCUT2D eigenvalue weighted by Gasteiger charge is 2.18. The molecule has 3 aromatic rings. The average molecular weight is 532 g/mol. The lowest BCUT2D eigenvalue weighted by Crippen LogP contribution is -2.31. The molecule has 0 aliphatic carbocycles. The van der Waals surface area contributed by atoms with Crippen molar-refractivity contribution >= 4 is 43.0 Å². The van der Waals surface area contributed by atoms with Gasteiger partial charge in [0, 0.05) is 24.3 Å². The number of rotatable bonds is 11. The van der Waals surface area contributed by atoms with Crippen LogP contribution in [0.25, 0.3) is 0 Å². The lowest BCUT2D eigenvalue weighted by Gasteiger charge is -2.22. The Labute approximate surface area is 212 Å². The summed E-state index contributed by atoms with van der Waals surface area (Å²) in [6.07, 6.45) is 1.54. The van der Waals surface area contributed by atoms with Gasteiger partial charge in [0.15, 0.2) is 0 Å². The molecule has 0 unspecified atom stereocenters. The number of benzene rings is 3. The van der Waals surface area contributed by atoms with Crippen LogP contribution in [0.5, 0.6) is 5.75 Å². The van der Waals surface area contributed by atoms with Gasteiger partial charge in [-0.2, -0.15) is 0 Å². The fourth-order valence-electron chi connectivity index (χ4n) is 3.47. The molecule has 0 aliphatic heterocycles. The second-order valence-corrected chi connectivity index (χ2v) is 11.8. The molecule has 3 aromatic carbocycles. The maximum absolute atomic E-state index is 12.6. The number of sulfonamides is 2. The monoisotopic (exact) mass is 531 g/mol. The summed E-state index contributed by atoms with van der Waals surface area (Å²) < 4.78 is 58.6. The minimum Gasteiger partial charge on any atom is -0.497 e. The van der Waals surface area contributed by atoms with E-state index < -0.39 is 20.0 Å². The van der Waals surface area contributed by atoms with Gasteiger partial charge in [0.25, 0.3) is 10.0 Å². The molecule has 0 aromatic heterocycles. The zero-order valence-electron chi connectivity index (χ0n) is 20.3. The maximum Gasteiger partial charge on any atom is 0.261 e. The number of ether oxygens (including phenoxy) is 1. The molecule has 36 heavy (non-hydrogen) atoms. The van der Waals surface area contributed by atoms with Crippen LogP contribution in [-0.2, 0) is 24.8 Å². The number of hydrogen-bond acceptors (Lipinski definition) is 6. The molecule has 3 rings (SSSR count). The molecule has 9 nitrogen and oxygen atoms in total. The summed E-state index contributed by atoms with van der Waals surface area (Å²) in [6, 6.07) is 19.4. The number of anilines is 3. The molecule has 0 heterocycles. The molecular formula is C25H29N3O6S2. The van der Waals surface area contributed by atoms with Gasteiger partial charge in [-0.15, -0.1) is 0 Å². The molecule has 0 saturated heterocycles. The molecule has 0 bridgehead atoms. The Morgan fingerprint density at radius 3 is 2.14 bits per heavy atom. The fourth-order valence-corrected chi connectivity index (χ4v) is 5.48. The van der Waals surface area contributed by atoms with Crippen LogP contribution in [0.15, 0.2) is 77.7 Å². The van der Waals surface area contributed by atoms with E-state index in [4.69, 9.17) is 4.74 Å². The summed E-state index contributed by atoms with van der Waals surface area (Å²) in [4.78, 5) is 12.4. The van der Waals surface area contributed by atoms with Gasteiger partial charge in [-0.1, -0.05) is 12.1 Å². The fraction of sp³-hybridized carbons (Fsp3) is 0.240. The van der Waals surface area contributed by atoms with Crippen LogP contribution in [0, 0.1) is 6.92 Å². The summed E-state index contributed by atoms with van der Waals surface area (Å²) in [5.41, 5.74) is 2.31. The SMILES string of the molecule is COc1ccc(NS(=O)(=O)c2ccc(NC(=O)CCCN(c3cccc(C)c3)S(C)(=O)=O)cc2)cc1. The summed E-state index contributed by atoms with van der Waals surface area (Å²) >= 11 is 0. The normalized spacial score (nSPS) is 11.5. The minimum atomic E-state index is -3.81. The maximum atomic E-state index is 12.6. The van der Waals surface area contributed by atoms with Gasteiger partial charge in [-0.3, -0.25) is 13.8 Å². The molecule has 2 N–H and O–H groups in total.